The molecule has 0 bridgehead atoms. The molecule has 10 atom stereocenters. The number of primary amides is 1. The van der Waals surface area contributed by atoms with E-state index in [1.54, 1.807) is 34.0 Å². The van der Waals surface area contributed by atoms with Gasteiger partial charge in [-0.05, 0) is 76.2 Å². The van der Waals surface area contributed by atoms with Gasteiger partial charge in [-0.1, -0.05) is 27.7 Å². The molecule has 0 aromatic heterocycles. The lowest BCUT2D eigenvalue weighted by Gasteiger charge is -2.29. The third kappa shape index (κ3) is 20.1. The number of likely N-dealkylation sites (tertiary alicyclic amines) is 1. The number of nitrogens with one attached hydrogen (secondary N) is 7. The molecule has 0 saturated carbocycles. The van der Waals surface area contributed by atoms with Crippen LogP contribution < -0.4 is 60.2 Å². The number of carbonyl (C=O) groups excluding carboxylic acids is 9. The Morgan fingerprint density at radius 2 is 1.27 bits per heavy atom. The van der Waals surface area contributed by atoms with Crippen LogP contribution >= 0.6 is 11.8 Å². The topological polar surface area (TPSA) is 418 Å². The lowest BCUT2D eigenvalue weighted by molar-refractivity contribution is -0.141. The normalized spacial score (nSPS) is 17.7. The van der Waals surface area contributed by atoms with Gasteiger partial charge in [0.1, 0.15) is 48.3 Å². The fourth-order valence-corrected chi connectivity index (χ4v) is 7.15. The second-order valence-electron chi connectivity index (χ2n) is 16.9. The van der Waals surface area contributed by atoms with Gasteiger partial charge in [-0.25, -0.2) is 0 Å². The quantitative estimate of drug-likeness (QED) is 0.0189. The van der Waals surface area contributed by atoms with E-state index in [9.17, 15) is 58.5 Å². The number of thioether (sulfide) groups is 1. The maximum absolute atomic E-state index is 13.9. The van der Waals surface area contributed by atoms with Crippen molar-refractivity contribution >= 4 is 70.9 Å². The summed E-state index contributed by atoms with van der Waals surface area (Å²) >= 11 is 1.40. The van der Waals surface area contributed by atoms with Crippen molar-refractivity contribution in [3.05, 3.63) is 0 Å². The van der Waals surface area contributed by atoms with Crippen LogP contribution in [0.25, 0.3) is 0 Å². The number of aliphatic hydroxyl groups is 3. The number of nitrogens with zero attached hydrogens (tertiary/aromatic N) is 2. The fourth-order valence-electron chi connectivity index (χ4n) is 6.68. The molecule has 18 N–H and O–H groups in total. The molecular formula is C40H73N13O12S. The lowest BCUT2D eigenvalue weighted by Crippen LogP contribution is -2.61. The Morgan fingerprint density at radius 1 is 0.712 bits per heavy atom. The van der Waals surface area contributed by atoms with Crippen LogP contribution in [0, 0.1) is 11.8 Å². The van der Waals surface area contributed by atoms with Gasteiger partial charge in [0.05, 0.1) is 25.4 Å². The van der Waals surface area contributed by atoms with E-state index in [1.165, 1.54) is 25.6 Å². The first-order valence-electron chi connectivity index (χ1n) is 21.8. The van der Waals surface area contributed by atoms with E-state index in [4.69, 9.17) is 22.9 Å². The van der Waals surface area contributed by atoms with Gasteiger partial charge in [0.25, 0.3) is 0 Å². The molecule has 0 aromatic carbocycles. The summed E-state index contributed by atoms with van der Waals surface area (Å²) in [6.07, 6.45) is 0.219. The largest absolute Gasteiger partial charge is 0.394 e. The number of hydrogen-bond donors (Lipinski definition) is 14. The predicted molar refractivity (Wildman–Crippen MR) is 244 cm³/mol. The molecule has 1 fully saturated rings. The lowest BCUT2D eigenvalue weighted by atomic mass is 9.98. The summed E-state index contributed by atoms with van der Waals surface area (Å²) in [5, 5.41) is 47.5. The average Bonchev–Trinajstić information content (AvgIpc) is 3.74. The van der Waals surface area contributed by atoms with Crippen molar-refractivity contribution in [3.8, 4) is 0 Å². The van der Waals surface area contributed by atoms with Crippen LogP contribution in [-0.4, -0.2) is 178 Å². The molecule has 1 aliphatic heterocycles. The number of amides is 9. The van der Waals surface area contributed by atoms with Crippen molar-refractivity contribution in [1.82, 2.24) is 42.1 Å². The van der Waals surface area contributed by atoms with Gasteiger partial charge in [0.2, 0.25) is 53.2 Å². The summed E-state index contributed by atoms with van der Waals surface area (Å²) in [4.78, 5) is 124. The van der Waals surface area contributed by atoms with E-state index < -0.39 is 133 Å². The maximum atomic E-state index is 13.9. The van der Waals surface area contributed by atoms with E-state index in [1.807, 2.05) is 0 Å². The first kappa shape index (κ1) is 58.7. The Kier molecular flexibility index (Phi) is 26.1. The summed E-state index contributed by atoms with van der Waals surface area (Å²) < 4.78 is 0. The second kappa shape index (κ2) is 29.4. The molecule has 0 radical (unpaired) electrons. The zero-order valence-corrected chi connectivity index (χ0v) is 39.7. The molecule has 66 heavy (non-hydrogen) atoms. The minimum atomic E-state index is -1.65. The molecule has 10 unspecified atom stereocenters. The highest BCUT2D eigenvalue weighted by atomic mass is 32.2. The van der Waals surface area contributed by atoms with Crippen molar-refractivity contribution in [2.24, 2.45) is 39.8 Å². The molecule has 9 amide bonds. The summed E-state index contributed by atoms with van der Waals surface area (Å²) in [5.41, 5.74) is 22.0. The maximum Gasteiger partial charge on any atom is 0.248 e. The summed E-state index contributed by atoms with van der Waals surface area (Å²) in [7, 11) is 0. The van der Waals surface area contributed by atoms with Gasteiger partial charge in [0.15, 0.2) is 5.96 Å². The molecule has 1 saturated heterocycles. The molecule has 376 valence electrons. The minimum absolute atomic E-state index is 0.0177. The monoisotopic (exact) mass is 960 g/mol. The number of aliphatic imine (C=N–C) groups is 1. The molecule has 1 heterocycles. The number of aliphatic hydroxyl groups excluding tert-OH is 3. The van der Waals surface area contributed by atoms with Crippen molar-refractivity contribution in [2.75, 3.05) is 38.2 Å². The van der Waals surface area contributed by atoms with E-state index in [0.717, 1.165) is 4.90 Å². The molecular weight excluding hydrogens is 887 g/mol. The Bertz CT molecular complexity index is 1700. The van der Waals surface area contributed by atoms with Crippen LogP contribution in [0.15, 0.2) is 4.99 Å². The van der Waals surface area contributed by atoms with Crippen LogP contribution in [0.3, 0.4) is 0 Å². The fraction of sp³-hybridized carbons (Fsp3) is 0.750. The zero-order valence-electron chi connectivity index (χ0n) is 38.8. The van der Waals surface area contributed by atoms with E-state index >= 15 is 0 Å². The van der Waals surface area contributed by atoms with Crippen LogP contribution in [0.1, 0.15) is 80.1 Å². The Labute approximate surface area is 389 Å². The minimum Gasteiger partial charge on any atom is -0.394 e. The van der Waals surface area contributed by atoms with Crippen molar-refractivity contribution in [1.29, 1.82) is 0 Å². The highest BCUT2D eigenvalue weighted by Gasteiger charge is 2.38. The second-order valence-corrected chi connectivity index (χ2v) is 17.9. The third-order valence-electron chi connectivity index (χ3n) is 10.4. The van der Waals surface area contributed by atoms with Crippen molar-refractivity contribution in [3.63, 3.8) is 0 Å². The standard InChI is InChI=1S/C40H73N13O12S/c1-19(2)16-25(35(61)52-31(22(6)56)37(63)46-17-28(57)47-26(18-54)39(65)53-14-9-11-27(53)32(42)58)50-38(64)30(20(3)4)51-34(60)23(10-8-13-45-40(43)44)48-33(59)24(12-15-66-7)49-36(62)29(41)21(5)55/h19-27,29-31,54-56H,8-18,41H2,1-7H3,(H2,42,58)(H,46,63)(H,47,57)(H,48,59)(H,49,62)(H,50,64)(H,51,60)(H,52,61)(H4,43,44,45). The molecule has 1 rings (SSSR count). The molecule has 1 aliphatic rings. The highest BCUT2D eigenvalue weighted by Crippen LogP contribution is 2.18. The molecule has 0 aliphatic carbocycles. The highest BCUT2D eigenvalue weighted by molar-refractivity contribution is 7.98. The van der Waals surface area contributed by atoms with E-state index in [0.29, 0.717) is 18.6 Å². The number of nitrogens with two attached hydrogens (primary N) is 4. The first-order chi connectivity index (χ1) is 30.9. The Hall–Kier alpha value is -5.31. The Morgan fingerprint density at radius 3 is 1.80 bits per heavy atom. The Balaban J connectivity index is 3.21. The number of hydrogen-bond acceptors (Lipinski definition) is 15. The summed E-state index contributed by atoms with van der Waals surface area (Å²) in [5.74, 6) is -7.99. The van der Waals surface area contributed by atoms with Crippen LogP contribution in [-0.2, 0) is 43.2 Å². The van der Waals surface area contributed by atoms with Crippen molar-refractivity contribution < 1.29 is 58.5 Å². The number of guanidine groups is 1. The van der Waals surface area contributed by atoms with Crippen molar-refractivity contribution in [2.45, 2.75) is 141 Å². The van der Waals surface area contributed by atoms with Gasteiger partial charge in [0, 0.05) is 13.1 Å². The smallest absolute Gasteiger partial charge is 0.248 e. The van der Waals surface area contributed by atoms with Crippen LogP contribution in [0.4, 0.5) is 0 Å². The SMILES string of the molecule is CSCCC(NC(=O)C(N)C(C)O)C(=O)NC(CCCN=C(N)N)C(=O)NC(C(=O)NC(CC(C)C)C(=O)NC(C(=O)NCC(=O)NC(CO)C(=O)N1CCCC1C(N)=O)C(C)O)C(C)C. The van der Waals surface area contributed by atoms with Gasteiger partial charge in [-0.3, -0.25) is 48.1 Å². The van der Waals surface area contributed by atoms with Crippen LogP contribution in [0.5, 0.6) is 0 Å². The number of rotatable bonds is 29. The van der Waals surface area contributed by atoms with Gasteiger partial charge in [-0.2, -0.15) is 11.8 Å². The van der Waals surface area contributed by atoms with E-state index in [2.05, 4.69) is 42.2 Å². The predicted octanol–water partition coefficient (Wildman–Crippen LogP) is -5.92. The molecule has 26 heteroatoms. The number of carbonyl (C=O) groups is 9. The summed E-state index contributed by atoms with van der Waals surface area (Å²) in [6, 6.07) is -10.4. The van der Waals surface area contributed by atoms with Gasteiger partial charge >= 0.3 is 0 Å². The molecule has 0 aromatic rings. The van der Waals surface area contributed by atoms with Gasteiger partial charge in [-0.15, -0.1) is 0 Å². The van der Waals surface area contributed by atoms with Crippen LogP contribution in [0.2, 0.25) is 0 Å². The van der Waals surface area contributed by atoms with Gasteiger partial charge < -0.3 is 80.4 Å². The average molecular weight is 960 g/mol. The summed E-state index contributed by atoms with van der Waals surface area (Å²) in [6.45, 7) is 7.99. The first-order valence-corrected chi connectivity index (χ1v) is 23.2. The molecule has 0 spiro atoms. The van der Waals surface area contributed by atoms with E-state index in [-0.39, 0.29) is 50.7 Å². The third-order valence-corrected chi connectivity index (χ3v) is 11.0. The molecule has 25 nitrogen and oxygen atoms in total. The zero-order chi connectivity index (χ0) is 50.4.